The number of benzene rings is 1. The number of anilines is 1. The highest BCUT2D eigenvalue weighted by molar-refractivity contribution is 5.91. The van der Waals surface area contributed by atoms with Crippen LogP contribution in [0.25, 0.3) is 0 Å². The van der Waals surface area contributed by atoms with Crippen LogP contribution in [0.2, 0.25) is 0 Å². The van der Waals surface area contributed by atoms with E-state index >= 15 is 0 Å². The average Bonchev–Trinajstić information content (AvgIpc) is 2.85. The lowest BCUT2D eigenvalue weighted by Gasteiger charge is -2.06. The van der Waals surface area contributed by atoms with Crippen LogP contribution >= 0.6 is 0 Å². The molecular weight excluding hydrogens is 243 g/mol. The van der Waals surface area contributed by atoms with Gasteiger partial charge in [-0.1, -0.05) is 0 Å². The summed E-state index contributed by atoms with van der Waals surface area (Å²) in [6, 6.07) is 2.22. The molecule has 7 nitrogen and oxygen atoms in total. The Bertz CT molecular complexity index is 597. The number of nitro groups is 1. The van der Waals surface area contributed by atoms with Crippen LogP contribution in [0.3, 0.4) is 0 Å². The molecule has 0 unspecified atom stereocenters. The first-order chi connectivity index (χ1) is 8.58. The molecule has 0 fully saturated rings. The first-order valence-electron chi connectivity index (χ1n) is 4.81. The fourth-order valence-electron chi connectivity index (χ4n) is 1.28. The third-order valence-corrected chi connectivity index (χ3v) is 2.14. The van der Waals surface area contributed by atoms with Gasteiger partial charge in [0.2, 0.25) is 0 Å². The van der Waals surface area contributed by atoms with E-state index in [1.165, 1.54) is 18.7 Å². The third kappa shape index (κ3) is 2.32. The number of non-ortho nitro benzene ring substituents is 1. The standard InChI is InChI=1S/C10H7FN4O3/c11-8-2-1-7(15(17)18)5-9(8)13-10(16)14-4-3-12-6-14/h1-6H,(H,13,16). The Morgan fingerprint density at radius 1 is 1.50 bits per heavy atom. The molecule has 0 bridgehead atoms. The first kappa shape index (κ1) is 11.7. The Labute approximate surface area is 100 Å². The van der Waals surface area contributed by atoms with Crippen molar-refractivity contribution in [2.24, 2.45) is 0 Å². The second kappa shape index (κ2) is 4.62. The van der Waals surface area contributed by atoms with Crippen molar-refractivity contribution < 1.29 is 14.1 Å². The maximum Gasteiger partial charge on any atom is 0.331 e. The molecule has 8 heteroatoms. The van der Waals surface area contributed by atoms with E-state index in [0.717, 1.165) is 22.8 Å². The normalized spacial score (nSPS) is 10.1. The summed E-state index contributed by atoms with van der Waals surface area (Å²) in [5.74, 6) is -0.755. The van der Waals surface area contributed by atoms with Gasteiger partial charge in [-0.25, -0.2) is 14.2 Å². The van der Waals surface area contributed by atoms with Gasteiger partial charge in [0.15, 0.2) is 0 Å². The van der Waals surface area contributed by atoms with E-state index in [0.29, 0.717) is 0 Å². The van der Waals surface area contributed by atoms with E-state index in [4.69, 9.17) is 0 Å². The van der Waals surface area contributed by atoms with Crippen LogP contribution in [-0.4, -0.2) is 20.5 Å². The number of imidazole rings is 1. The lowest BCUT2D eigenvalue weighted by atomic mass is 10.2. The summed E-state index contributed by atoms with van der Waals surface area (Å²) in [6.45, 7) is 0. The number of aromatic nitrogens is 2. The number of hydrogen-bond donors (Lipinski definition) is 1. The smallest absolute Gasteiger partial charge is 0.304 e. The van der Waals surface area contributed by atoms with E-state index < -0.39 is 16.8 Å². The van der Waals surface area contributed by atoms with Gasteiger partial charge in [-0.3, -0.25) is 14.7 Å². The van der Waals surface area contributed by atoms with Gasteiger partial charge in [0, 0.05) is 24.5 Å². The number of halogens is 1. The molecular formula is C10H7FN4O3. The molecule has 92 valence electrons. The SMILES string of the molecule is O=C(Nc1cc([N+](=O)[O-])ccc1F)n1ccnc1. The molecule has 0 saturated heterocycles. The number of carbonyl (C=O) groups excluding carboxylic acids is 1. The van der Waals surface area contributed by atoms with Crippen LogP contribution in [0.15, 0.2) is 36.9 Å². The van der Waals surface area contributed by atoms with Crippen molar-refractivity contribution in [2.45, 2.75) is 0 Å². The highest BCUT2D eigenvalue weighted by atomic mass is 19.1. The molecule has 2 aromatic rings. The summed E-state index contributed by atoms with van der Waals surface area (Å²) >= 11 is 0. The van der Waals surface area contributed by atoms with Crippen LogP contribution in [0.1, 0.15) is 0 Å². The second-order valence-corrected chi connectivity index (χ2v) is 3.32. The third-order valence-electron chi connectivity index (χ3n) is 2.14. The maximum atomic E-state index is 13.4. The second-order valence-electron chi connectivity index (χ2n) is 3.32. The van der Waals surface area contributed by atoms with Crippen LogP contribution in [0.4, 0.5) is 20.6 Å². The van der Waals surface area contributed by atoms with E-state index in [1.54, 1.807) is 0 Å². The van der Waals surface area contributed by atoms with Crippen molar-refractivity contribution >= 4 is 17.4 Å². The average molecular weight is 250 g/mol. The van der Waals surface area contributed by atoms with Crippen molar-refractivity contribution in [3.05, 3.63) is 52.9 Å². The van der Waals surface area contributed by atoms with Crippen molar-refractivity contribution in [3.8, 4) is 0 Å². The number of rotatable bonds is 2. The Hall–Kier alpha value is -2.77. The molecule has 0 saturated carbocycles. The van der Waals surface area contributed by atoms with E-state index in [-0.39, 0.29) is 11.4 Å². The molecule has 0 spiro atoms. The van der Waals surface area contributed by atoms with Gasteiger partial charge in [0.1, 0.15) is 12.1 Å². The zero-order valence-electron chi connectivity index (χ0n) is 8.91. The summed E-state index contributed by atoms with van der Waals surface area (Å²) in [4.78, 5) is 25.1. The van der Waals surface area contributed by atoms with Gasteiger partial charge in [-0.05, 0) is 6.07 Å². The van der Waals surface area contributed by atoms with Gasteiger partial charge in [-0.15, -0.1) is 0 Å². The van der Waals surface area contributed by atoms with Crippen molar-refractivity contribution in [2.75, 3.05) is 5.32 Å². The Kier molecular flexibility index (Phi) is 3.00. The zero-order chi connectivity index (χ0) is 13.1. The molecule has 1 heterocycles. The maximum absolute atomic E-state index is 13.4. The van der Waals surface area contributed by atoms with Gasteiger partial charge in [-0.2, -0.15) is 0 Å². The molecule has 1 amide bonds. The molecule has 0 aliphatic rings. The highest BCUT2D eigenvalue weighted by Gasteiger charge is 2.13. The minimum absolute atomic E-state index is 0.261. The van der Waals surface area contributed by atoms with Crippen LogP contribution in [0.5, 0.6) is 0 Å². The topological polar surface area (TPSA) is 90.1 Å². The van der Waals surface area contributed by atoms with Gasteiger partial charge < -0.3 is 5.32 Å². The van der Waals surface area contributed by atoms with Gasteiger partial charge in [0.05, 0.1) is 10.6 Å². The monoisotopic (exact) mass is 250 g/mol. The predicted octanol–water partition coefficient (Wildman–Crippen LogP) is 2.01. The Balaban J connectivity index is 2.26. The molecule has 0 atom stereocenters. The molecule has 0 radical (unpaired) electrons. The first-order valence-corrected chi connectivity index (χ1v) is 4.81. The summed E-state index contributed by atoms with van der Waals surface area (Å²) in [6.07, 6.45) is 3.97. The molecule has 2 rings (SSSR count). The summed E-state index contributed by atoms with van der Waals surface area (Å²) in [5.41, 5.74) is -0.569. The molecule has 1 aromatic carbocycles. The largest absolute Gasteiger partial charge is 0.331 e. The number of carbonyl (C=O) groups is 1. The molecule has 1 aromatic heterocycles. The summed E-state index contributed by atoms with van der Waals surface area (Å²) in [7, 11) is 0. The van der Waals surface area contributed by atoms with Crippen molar-refractivity contribution in [1.29, 1.82) is 0 Å². The molecule has 0 aliphatic heterocycles. The quantitative estimate of drug-likeness (QED) is 0.652. The van der Waals surface area contributed by atoms with Crippen molar-refractivity contribution in [3.63, 3.8) is 0 Å². The zero-order valence-corrected chi connectivity index (χ0v) is 8.91. The van der Waals surface area contributed by atoms with Crippen LogP contribution in [-0.2, 0) is 0 Å². The van der Waals surface area contributed by atoms with Gasteiger partial charge >= 0.3 is 6.03 Å². The van der Waals surface area contributed by atoms with E-state index in [9.17, 15) is 19.3 Å². The molecule has 0 aliphatic carbocycles. The molecule has 18 heavy (non-hydrogen) atoms. The Morgan fingerprint density at radius 2 is 2.28 bits per heavy atom. The minimum atomic E-state index is -0.755. The lowest BCUT2D eigenvalue weighted by Crippen LogP contribution is -2.18. The number of amides is 1. The van der Waals surface area contributed by atoms with E-state index in [1.807, 2.05) is 0 Å². The van der Waals surface area contributed by atoms with E-state index in [2.05, 4.69) is 10.3 Å². The van der Waals surface area contributed by atoms with Crippen LogP contribution in [0, 0.1) is 15.9 Å². The van der Waals surface area contributed by atoms with Crippen molar-refractivity contribution in [1.82, 2.24) is 9.55 Å². The molecule has 1 N–H and O–H groups in total. The summed E-state index contributed by atoms with van der Waals surface area (Å²) in [5, 5.41) is 12.7. The van der Waals surface area contributed by atoms with Gasteiger partial charge in [0.25, 0.3) is 5.69 Å². The predicted molar refractivity (Wildman–Crippen MR) is 59.7 cm³/mol. The fraction of sp³-hybridized carbons (Fsp3) is 0. The minimum Gasteiger partial charge on any atom is -0.304 e. The number of nitro benzene ring substituents is 1. The summed E-state index contributed by atoms with van der Waals surface area (Å²) < 4.78 is 14.5. The number of nitrogens with zero attached hydrogens (tertiary/aromatic N) is 3. The lowest BCUT2D eigenvalue weighted by molar-refractivity contribution is -0.384. The van der Waals surface area contributed by atoms with Crippen LogP contribution < -0.4 is 5.32 Å². The highest BCUT2D eigenvalue weighted by Crippen LogP contribution is 2.21. The number of nitrogens with one attached hydrogen (secondary N) is 1. The number of hydrogen-bond acceptors (Lipinski definition) is 4. The Morgan fingerprint density at radius 3 is 2.89 bits per heavy atom. The fourth-order valence-corrected chi connectivity index (χ4v) is 1.28.